The molecule has 1 fully saturated rings. The number of benzene rings is 1. The number of thiocarbonyl (C=S) groups is 1. The van der Waals surface area contributed by atoms with Crippen molar-refractivity contribution in [1.29, 1.82) is 0 Å². The summed E-state index contributed by atoms with van der Waals surface area (Å²) in [4.78, 5) is 2.48. The van der Waals surface area contributed by atoms with Crippen molar-refractivity contribution in [2.75, 3.05) is 24.5 Å². The average Bonchev–Trinajstić information content (AvgIpc) is 2.87. The minimum absolute atomic E-state index is 0.505. The second-order valence-electron chi connectivity index (χ2n) is 5.76. The van der Waals surface area contributed by atoms with Crippen LogP contribution in [0, 0.1) is 0 Å². The Hall–Kier alpha value is -1.88. The summed E-state index contributed by atoms with van der Waals surface area (Å²) >= 11 is 5.12. The summed E-state index contributed by atoms with van der Waals surface area (Å²) in [5, 5.41) is 7.81. The van der Waals surface area contributed by atoms with E-state index in [-0.39, 0.29) is 0 Å². The van der Waals surface area contributed by atoms with E-state index in [4.69, 9.17) is 12.2 Å². The van der Waals surface area contributed by atoms with Crippen LogP contribution in [0.1, 0.15) is 38.2 Å². The van der Waals surface area contributed by atoms with Crippen molar-refractivity contribution in [2.24, 2.45) is 5.10 Å². The Kier molecular flexibility index (Phi) is 7.07. The van der Waals surface area contributed by atoms with Gasteiger partial charge in [0.2, 0.25) is 0 Å². The van der Waals surface area contributed by atoms with Gasteiger partial charge in [-0.1, -0.05) is 31.1 Å². The molecule has 124 valence electrons. The molecule has 0 unspecified atom stereocenters. The molecule has 0 radical (unpaired) electrons. The molecule has 0 spiro atoms. The highest BCUT2D eigenvalue weighted by Crippen LogP contribution is 2.20. The number of nitrogens with zero attached hydrogens (tertiary/aromatic N) is 2. The fourth-order valence-corrected chi connectivity index (χ4v) is 2.77. The normalized spacial score (nSPS) is 15.7. The van der Waals surface area contributed by atoms with Crippen LogP contribution in [0.25, 0.3) is 0 Å². The van der Waals surface area contributed by atoms with Crippen LogP contribution in [0.4, 0.5) is 5.69 Å². The second kappa shape index (κ2) is 9.30. The van der Waals surface area contributed by atoms with Crippen LogP contribution >= 0.6 is 12.2 Å². The van der Waals surface area contributed by atoms with Crippen LogP contribution in [0.3, 0.4) is 0 Å². The molecule has 0 bridgehead atoms. The molecule has 1 aromatic carbocycles. The average molecular weight is 331 g/mol. The highest BCUT2D eigenvalue weighted by Gasteiger charge is 2.09. The van der Waals surface area contributed by atoms with Gasteiger partial charge in [0.05, 0.1) is 5.71 Å². The van der Waals surface area contributed by atoms with Crippen molar-refractivity contribution in [1.82, 2.24) is 10.7 Å². The molecule has 1 aromatic rings. The third-order valence-corrected chi connectivity index (χ3v) is 4.22. The summed E-state index contributed by atoms with van der Waals surface area (Å²) in [5.41, 5.74) is 6.17. The van der Waals surface area contributed by atoms with Gasteiger partial charge in [0, 0.05) is 25.3 Å². The minimum Gasteiger partial charge on any atom is -0.372 e. The Morgan fingerprint density at radius 1 is 1.22 bits per heavy atom. The molecule has 1 aliphatic heterocycles. The zero-order valence-corrected chi connectivity index (χ0v) is 14.7. The molecule has 0 saturated carbocycles. The Labute approximate surface area is 144 Å². The van der Waals surface area contributed by atoms with Gasteiger partial charge in [-0.2, -0.15) is 5.10 Å². The van der Waals surface area contributed by atoms with Gasteiger partial charge in [-0.05, 0) is 49.7 Å². The molecule has 2 rings (SSSR count). The van der Waals surface area contributed by atoms with E-state index in [0.29, 0.717) is 11.7 Å². The maximum absolute atomic E-state index is 5.12. The van der Waals surface area contributed by atoms with Gasteiger partial charge in [-0.3, -0.25) is 5.43 Å². The van der Waals surface area contributed by atoms with Gasteiger partial charge in [0.15, 0.2) is 5.11 Å². The molecular weight excluding hydrogens is 304 g/mol. The van der Waals surface area contributed by atoms with Gasteiger partial charge in [-0.25, -0.2) is 0 Å². The highest BCUT2D eigenvalue weighted by molar-refractivity contribution is 7.80. The van der Waals surface area contributed by atoms with E-state index in [9.17, 15) is 0 Å². The molecule has 0 aromatic heterocycles. The van der Waals surface area contributed by atoms with E-state index in [1.54, 1.807) is 6.08 Å². The van der Waals surface area contributed by atoms with E-state index in [1.165, 1.54) is 31.4 Å². The fourth-order valence-electron chi connectivity index (χ4n) is 2.65. The number of rotatable bonds is 5. The lowest BCUT2D eigenvalue weighted by Crippen LogP contribution is -2.32. The Morgan fingerprint density at radius 3 is 2.48 bits per heavy atom. The van der Waals surface area contributed by atoms with Gasteiger partial charge >= 0.3 is 0 Å². The van der Waals surface area contributed by atoms with E-state index in [1.807, 2.05) is 6.92 Å². The predicted molar refractivity (Wildman–Crippen MR) is 103 cm³/mol. The largest absolute Gasteiger partial charge is 0.372 e. The minimum atomic E-state index is 0.505. The van der Waals surface area contributed by atoms with Gasteiger partial charge < -0.3 is 10.2 Å². The number of nitrogens with one attached hydrogen (secondary N) is 2. The molecule has 0 amide bonds. The lowest BCUT2D eigenvalue weighted by Gasteiger charge is -2.22. The Bertz CT molecular complexity index is 543. The fraction of sp³-hybridized carbons (Fsp3) is 0.444. The summed E-state index contributed by atoms with van der Waals surface area (Å²) in [5.74, 6) is 0. The predicted octanol–water partition coefficient (Wildman–Crippen LogP) is 3.44. The van der Waals surface area contributed by atoms with E-state index in [0.717, 1.165) is 24.4 Å². The van der Waals surface area contributed by atoms with Crippen molar-refractivity contribution in [3.05, 3.63) is 42.5 Å². The maximum Gasteiger partial charge on any atom is 0.187 e. The lowest BCUT2D eigenvalue weighted by atomic mass is 10.1. The summed E-state index contributed by atoms with van der Waals surface area (Å²) in [6.45, 7) is 8.57. The van der Waals surface area contributed by atoms with Crippen molar-refractivity contribution in [3.63, 3.8) is 0 Å². The first-order chi connectivity index (χ1) is 11.2. The van der Waals surface area contributed by atoms with Crippen LogP contribution in [0.2, 0.25) is 0 Å². The summed E-state index contributed by atoms with van der Waals surface area (Å²) in [6.07, 6.45) is 7.05. The third kappa shape index (κ3) is 5.67. The monoisotopic (exact) mass is 330 g/mol. The molecule has 4 nitrogen and oxygen atoms in total. The van der Waals surface area contributed by atoms with Crippen LogP contribution < -0.4 is 15.6 Å². The van der Waals surface area contributed by atoms with E-state index < -0.39 is 0 Å². The highest BCUT2D eigenvalue weighted by atomic mass is 32.1. The standard InChI is InChI=1S/C18H26N4S/c1-3-12-19-18(23)21-20-15(2)16-8-10-17(11-9-16)22-13-6-4-5-7-14-22/h3,8-11H,1,4-7,12-14H2,2H3,(H2,19,21,23)/b20-15+. The summed E-state index contributed by atoms with van der Waals surface area (Å²) in [6, 6.07) is 8.63. The maximum atomic E-state index is 5.12. The quantitative estimate of drug-likeness (QED) is 0.375. The first-order valence-corrected chi connectivity index (χ1v) is 8.66. The molecule has 2 N–H and O–H groups in total. The van der Waals surface area contributed by atoms with Crippen LogP contribution in [0.15, 0.2) is 42.0 Å². The number of anilines is 1. The Morgan fingerprint density at radius 2 is 1.87 bits per heavy atom. The molecular formula is C18H26N4S. The van der Waals surface area contributed by atoms with Gasteiger partial charge in [0.1, 0.15) is 0 Å². The summed E-state index contributed by atoms with van der Waals surface area (Å²) in [7, 11) is 0. The molecule has 23 heavy (non-hydrogen) atoms. The molecule has 0 atom stereocenters. The van der Waals surface area contributed by atoms with Crippen LogP contribution in [0.5, 0.6) is 0 Å². The lowest BCUT2D eigenvalue weighted by molar-refractivity contribution is 0.726. The molecule has 1 heterocycles. The van der Waals surface area contributed by atoms with Crippen molar-refractivity contribution >= 4 is 28.7 Å². The van der Waals surface area contributed by atoms with Gasteiger partial charge in [-0.15, -0.1) is 6.58 Å². The van der Waals surface area contributed by atoms with Gasteiger partial charge in [0.25, 0.3) is 0 Å². The molecule has 1 aliphatic rings. The smallest absolute Gasteiger partial charge is 0.187 e. The number of hydrazone groups is 1. The first kappa shape index (κ1) is 17.5. The SMILES string of the molecule is C=CCNC(=S)N/N=C(\C)c1ccc(N2CCCCCC2)cc1. The summed E-state index contributed by atoms with van der Waals surface area (Å²) < 4.78 is 0. The Balaban J connectivity index is 1.95. The molecule has 0 aliphatic carbocycles. The van der Waals surface area contributed by atoms with Crippen molar-refractivity contribution in [3.8, 4) is 0 Å². The zero-order chi connectivity index (χ0) is 16.5. The molecule has 1 saturated heterocycles. The number of hydrogen-bond donors (Lipinski definition) is 2. The van der Waals surface area contributed by atoms with Crippen LogP contribution in [-0.4, -0.2) is 30.5 Å². The topological polar surface area (TPSA) is 39.7 Å². The zero-order valence-electron chi connectivity index (χ0n) is 13.8. The van der Waals surface area contributed by atoms with Crippen molar-refractivity contribution in [2.45, 2.75) is 32.6 Å². The third-order valence-electron chi connectivity index (χ3n) is 3.99. The van der Waals surface area contributed by atoms with E-state index >= 15 is 0 Å². The first-order valence-electron chi connectivity index (χ1n) is 8.25. The molecule has 5 heteroatoms. The second-order valence-corrected chi connectivity index (χ2v) is 6.16. The number of hydrogen-bond acceptors (Lipinski definition) is 3. The van der Waals surface area contributed by atoms with E-state index in [2.05, 4.69) is 51.6 Å². The van der Waals surface area contributed by atoms with Crippen molar-refractivity contribution < 1.29 is 0 Å². The van der Waals surface area contributed by atoms with Crippen LogP contribution in [-0.2, 0) is 0 Å².